The predicted molar refractivity (Wildman–Crippen MR) is 108 cm³/mol. The monoisotopic (exact) mass is 381 g/mol. The van der Waals surface area contributed by atoms with E-state index in [1.807, 2.05) is 25.1 Å². The summed E-state index contributed by atoms with van der Waals surface area (Å²) in [7, 11) is 3.75. The van der Waals surface area contributed by atoms with Crippen LogP contribution in [0.1, 0.15) is 23.7 Å². The first-order valence-electron chi connectivity index (χ1n) is 9.02. The number of carbonyl (C=O) groups is 3. The fraction of sp³-hybridized carbons (Fsp3) is 0.286. The molecule has 28 heavy (non-hydrogen) atoms. The van der Waals surface area contributed by atoms with Crippen LogP contribution in [0, 0.1) is 0 Å². The van der Waals surface area contributed by atoms with Crippen LogP contribution < -0.4 is 15.1 Å². The Bertz CT molecular complexity index is 910. The maximum absolute atomic E-state index is 12.8. The number of anilines is 3. The second-order valence-corrected chi connectivity index (χ2v) is 6.90. The molecule has 2 aromatic carbocycles. The second-order valence-electron chi connectivity index (χ2n) is 6.90. The first-order valence-corrected chi connectivity index (χ1v) is 9.02. The third kappa shape index (κ3) is 4.14. The van der Waals surface area contributed by atoms with E-state index in [0.29, 0.717) is 16.9 Å². The number of hydrogen-bond acceptors (Lipinski definition) is 5. The molecule has 0 aliphatic carbocycles. The highest BCUT2D eigenvalue weighted by Gasteiger charge is 2.30. The average molecular weight is 381 g/mol. The Morgan fingerprint density at radius 2 is 1.93 bits per heavy atom. The van der Waals surface area contributed by atoms with Gasteiger partial charge in [-0.2, -0.15) is 0 Å². The number of rotatable bonds is 4. The fourth-order valence-electron chi connectivity index (χ4n) is 3.16. The molecule has 146 valence electrons. The minimum Gasteiger partial charge on any atom is -0.452 e. The van der Waals surface area contributed by atoms with Gasteiger partial charge in [-0.1, -0.05) is 18.2 Å². The molecular formula is C21H23N3O4. The van der Waals surface area contributed by atoms with Gasteiger partial charge in [0.1, 0.15) is 0 Å². The summed E-state index contributed by atoms with van der Waals surface area (Å²) in [5, 5.41) is 2.80. The zero-order valence-electron chi connectivity index (χ0n) is 16.1. The lowest BCUT2D eigenvalue weighted by molar-refractivity contribution is -0.122. The van der Waals surface area contributed by atoms with Crippen LogP contribution in [0.2, 0.25) is 0 Å². The van der Waals surface area contributed by atoms with Gasteiger partial charge in [-0.3, -0.25) is 9.59 Å². The molecule has 7 nitrogen and oxygen atoms in total. The minimum absolute atomic E-state index is 0.159. The van der Waals surface area contributed by atoms with E-state index in [2.05, 4.69) is 5.32 Å². The van der Waals surface area contributed by atoms with Gasteiger partial charge in [-0.25, -0.2) is 4.79 Å². The van der Waals surface area contributed by atoms with Gasteiger partial charge in [-0.05, 0) is 37.3 Å². The summed E-state index contributed by atoms with van der Waals surface area (Å²) < 4.78 is 5.25. The standard InChI is InChI=1S/C21H23N3O4/c1-14-11-19(25)22-17-9-4-5-10-18(17)24(14)20(26)13-28-21(27)15-7-6-8-16(12-15)23(2)3/h4-10,12,14H,11,13H2,1-3H3,(H,22,25)/t14-/m0/s1. The number of benzene rings is 2. The van der Waals surface area contributed by atoms with Crippen molar-refractivity contribution in [2.24, 2.45) is 0 Å². The zero-order chi connectivity index (χ0) is 20.3. The maximum atomic E-state index is 12.8. The molecule has 0 spiro atoms. The van der Waals surface area contributed by atoms with Crippen LogP contribution in [0.5, 0.6) is 0 Å². The lowest BCUT2D eigenvalue weighted by Crippen LogP contribution is -2.41. The molecule has 0 unspecified atom stereocenters. The van der Waals surface area contributed by atoms with Crippen LogP contribution >= 0.6 is 0 Å². The Morgan fingerprint density at radius 1 is 1.18 bits per heavy atom. The van der Waals surface area contributed by atoms with Crippen molar-refractivity contribution in [1.82, 2.24) is 0 Å². The van der Waals surface area contributed by atoms with Gasteiger partial charge in [0.05, 0.1) is 16.9 Å². The van der Waals surface area contributed by atoms with Crippen molar-refractivity contribution in [3.63, 3.8) is 0 Å². The van der Waals surface area contributed by atoms with Crippen molar-refractivity contribution in [1.29, 1.82) is 0 Å². The number of fused-ring (bicyclic) bond motifs is 1. The molecule has 2 aromatic rings. The average Bonchev–Trinajstić information content (AvgIpc) is 2.80. The molecule has 1 N–H and O–H groups in total. The maximum Gasteiger partial charge on any atom is 0.338 e. The number of nitrogens with zero attached hydrogens (tertiary/aromatic N) is 2. The van der Waals surface area contributed by atoms with E-state index < -0.39 is 12.6 Å². The van der Waals surface area contributed by atoms with E-state index >= 15 is 0 Å². The van der Waals surface area contributed by atoms with Crippen LogP contribution in [-0.2, 0) is 14.3 Å². The normalized spacial score (nSPS) is 15.9. The summed E-state index contributed by atoms with van der Waals surface area (Å²) in [5.41, 5.74) is 2.40. The summed E-state index contributed by atoms with van der Waals surface area (Å²) in [6, 6.07) is 13.7. The molecule has 0 radical (unpaired) electrons. The SMILES string of the molecule is C[C@H]1CC(=O)Nc2ccccc2N1C(=O)COC(=O)c1cccc(N(C)C)c1. The van der Waals surface area contributed by atoms with Crippen LogP contribution in [-0.4, -0.2) is 44.5 Å². The Kier molecular flexibility index (Phi) is 5.63. The fourth-order valence-corrected chi connectivity index (χ4v) is 3.16. The first kappa shape index (κ1) is 19.4. The molecule has 7 heteroatoms. The summed E-state index contributed by atoms with van der Waals surface area (Å²) >= 11 is 0. The quantitative estimate of drug-likeness (QED) is 0.824. The van der Waals surface area contributed by atoms with Gasteiger partial charge in [0.2, 0.25) is 5.91 Å². The number of esters is 1. The molecule has 1 aliphatic rings. The van der Waals surface area contributed by atoms with E-state index in [1.165, 1.54) is 4.90 Å². The van der Waals surface area contributed by atoms with Crippen molar-refractivity contribution in [3.8, 4) is 0 Å². The summed E-state index contributed by atoms with van der Waals surface area (Å²) in [5.74, 6) is -1.11. The van der Waals surface area contributed by atoms with Gasteiger partial charge in [-0.15, -0.1) is 0 Å². The van der Waals surface area contributed by atoms with E-state index in [0.717, 1.165) is 5.69 Å². The summed E-state index contributed by atoms with van der Waals surface area (Å²) in [6.07, 6.45) is 0.166. The first-order chi connectivity index (χ1) is 13.4. The number of hydrogen-bond donors (Lipinski definition) is 1. The molecule has 1 aliphatic heterocycles. The highest BCUT2D eigenvalue weighted by Crippen LogP contribution is 2.31. The molecule has 0 bridgehead atoms. The Balaban J connectivity index is 1.74. The second kappa shape index (κ2) is 8.12. The van der Waals surface area contributed by atoms with Crippen LogP contribution in [0.15, 0.2) is 48.5 Å². The highest BCUT2D eigenvalue weighted by atomic mass is 16.5. The Hall–Kier alpha value is -3.35. The Morgan fingerprint density at radius 3 is 2.68 bits per heavy atom. The summed E-state index contributed by atoms with van der Waals surface area (Å²) in [6.45, 7) is 1.39. The Labute approximate surface area is 163 Å². The molecule has 0 aromatic heterocycles. The lowest BCUT2D eigenvalue weighted by atomic mass is 10.1. The van der Waals surface area contributed by atoms with Gasteiger partial charge in [0, 0.05) is 32.2 Å². The third-order valence-corrected chi connectivity index (χ3v) is 4.55. The molecule has 0 fully saturated rings. The largest absolute Gasteiger partial charge is 0.452 e. The molecule has 1 atom stereocenters. The number of ether oxygens (including phenoxy) is 1. The number of amides is 2. The van der Waals surface area contributed by atoms with Crippen LogP contribution in [0.3, 0.4) is 0 Å². The van der Waals surface area contributed by atoms with Crippen LogP contribution in [0.25, 0.3) is 0 Å². The smallest absolute Gasteiger partial charge is 0.338 e. The van der Waals surface area contributed by atoms with E-state index in [-0.39, 0.29) is 24.3 Å². The van der Waals surface area contributed by atoms with Gasteiger partial charge >= 0.3 is 5.97 Å². The van der Waals surface area contributed by atoms with Crippen molar-refractivity contribution >= 4 is 34.8 Å². The van der Waals surface area contributed by atoms with Gasteiger partial charge < -0.3 is 19.9 Å². The van der Waals surface area contributed by atoms with Crippen molar-refractivity contribution in [2.75, 3.05) is 35.8 Å². The van der Waals surface area contributed by atoms with E-state index in [1.54, 1.807) is 49.4 Å². The topological polar surface area (TPSA) is 79.0 Å². The predicted octanol–water partition coefficient (Wildman–Crippen LogP) is 2.67. The third-order valence-electron chi connectivity index (χ3n) is 4.55. The van der Waals surface area contributed by atoms with Gasteiger partial charge in [0.25, 0.3) is 5.91 Å². The van der Waals surface area contributed by atoms with Gasteiger partial charge in [0.15, 0.2) is 6.61 Å². The zero-order valence-corrected chi connectivity index (χ0v) is 16.1. The molecule has 0 saturated heterocycles. The van der Waals surface area contributed by atoms with E-state index in [9.17, 15) is 14.4 Å². The van der Waals surface area contributed by atoms with E-state index in [4.69, 9.17) is 4.74 Å². The molecule has 3 rings (SSSR count). The molecule has 1 heterocycles. The minimum atomic E-state index is -0.568. The highest BCUT2D eigenvalue weighted by molar-refractivity contribution is 6.05. The van der Waals surface area contributed by atoms with Crippen molar-refractivity contribution < 1.29 is 19.1 Å². The number of nitrogens with one attached hydrogen (secondary N) is 1. The number of carbonyl (C=O) groups excluding carboxylic acids is 3. The van der Waals surface area contributed by atoms with Crippen LogP contribution in [0.4, 0.5) is 17.1 Å². The van der Waals surface area contributed by atoms with Crippen molar-refractivity contribution in [2.45, 2.75) is 19.4 Å². The number of para-hydroxylation sites is 2. The lowest BCUT2D eigenvalue weighted by Gasteiger charge is -2.27. The molecular weight excluding hydrogens is 358 g/mol. The molecule has 0 saturated carbocycles. The van der Waals surface area contributed by atoms with Crippen molar-refractivity contribution in [3.05, 3.63) is 54.1 Å². The molecule has 2 amide bonds. The summed E-state index contributed by atoms with van der Waals surface area (Å²) in [4.78, 5) is 40.6.